The standard InChI is InChI=1S/C19H32N4O2/c1-4-23-17-9-8-15(21(2)12-13-25-3)14-16(17)18(20-23)19(24)22-10-6-5-7-11-22/h15H,4-14H2,1-3H3. The molecule has 0 N–H and O–H groups in total. The molecular formula is C19H32N4O2. The molecule has 25 heavy (non-hydrogen) atoms. The molecule has 1 aliphatic carbocycles. The third-order valence-corrected chi connectivity index (χ3v) is 5.74. The van der Waals surface area contributed by atoms with Crippen molar-refractivity contribution in [3.05, 3.63) is 17.0 Å². The molecule has 140 valence electrons. The van der Waals surface area contributed by atoms with Crippen LogP contribution in [0.2, 0.25) is 0 Å². The molecule has 2 heterocycles. The Labute approximate surface area is 151 Å². The van der Waals surface area contributed by atoms with Gasteiger partial charge < -0.3 is 14.5 Å². The molecule has 0 aromatic carbocycles. The zero-order valence-electron chi connectivity index (χ0n) is 16.0. The Hall–Kier alpha value is -1.40. The number of fused-ring (bicyclic) bond motifs is 1. The fourth-order valence-electron chi connectivity index (χ4n) is 4.14. The number of aromatic nitrogens is 2. The molecule has 3 rings (SSSR count). The van der Waals surface area contributed by atoms with Gasteiger partial charge in [0.2, 0.25) is 0 Å². The van der Waals surface area contributed by atoms with E-state index in [0.29, 0.717) is 11.7 Å². The number of amides is 1. The van der Waals surface area contributed by atoms with E-state index in [9.17, 15) is 4.79 Å². The van der Waals surface area contributed by atoms with Gasteiger partial charge in [0.25, 0.3) is 5.91 Å². The number of rotatable bonds is 6. The maximum atomic E-state index is 13.1. The molecule has 6 heteroatoms. The summed E-state index contributed by atoms with van der Waals surface area (Å²) in [6.07, 6.45) is 6.51. The number of carbonyl (C=O) groups is 1. The summed E-state index contributed by atoms with van der Waals surface area (Å²) in [6.45, 7) is 6.37. The largest absolute Gasteiger partial charge is 0.383 e. The highest BCUT2D eigenvalue weighted by molar-refractivity contribution is 5.94. The number of hydrogen-bond donors (Lipinski definition) is 0. The SMILES string of the molecule is CCn1nc(C(=O)N2CCCCC2)c2c1CCC(N(C)CCOC)C2. The molecule has 1 saturated heterocycles. The molecule has 0 radical (unpaired) electrons. The molecular weight excluding hydrogens is 316 g/mol. The van der Waals surface area contributed by atoms with Gasteiger partial charge >= 0.3 is 0 Å². The molecule has 1 aromatic heterocycles. The lowest BCUT2D eigenvalue weighted by atomic mass is 9.90. The van der Waals surface area contributed by atoms with Crippen molar-refractivity contribution in [1.29, 1.82) is 0 Å². The highest BCUT2D eigenvalue weighted by Gasteiger charge is 2.32. The Balaban J connectivity index is 1.81. The summed E-state index contributed by atoms with van der Waals surface area (Å²) in [5.74, 6) is 0.142. The highest BCUT2D eigenvalue weighted by Crippen LogP contribution is 2.28. The number of methoxy groups -OCH3 is 1. The third kappa shape index (κ3) is 3.90. The molecule has 1 aromatic rings. The van der Waals surface area contributed by atoms with Gasteiger partial charge in [-0.25, -0.2) is 0 Å². The van der Waals surface area contributed by atoms with Crippen LogP contribution in [0.3, 0.4) is 0 Å². The molecule has 1 atom stereocenters. The number of likely N-dealkylation sites (tertiary alicyclic amines) is 1. The fraction of sp³-hybridized carbons (Fsp3) is 0.789. The Morgan fingerprint density at radius 3 is 2.76 bits per heavy atom. The smallest absolute Gasteiger partial charge is 0.274 e. The molecule has 6 nitrogen and oxygen atoms in total. The Bertz CT molecular complexity index is 592. The van der Waals surface area contributed by atoms with E-state index >= 15 is 0 Å². The average Bonchev–Trinajstić information content (AvgIpc) is 3.04. The number of aryl methyl sites for hydroxylation is 1. The van der Waals surface area contributed by atoms with Gasteiger partial charge in [0.05, 0.1) is 6.61 Å². The first-order chi connectivity index (χ1) is 12.2. The second-order valence-corrected chi connectivity index (χ2v) is 7.31. The van der Waals surface area contributed by atoms with Crippen molar-refractivity contribution in [3.8, 4) is 0 Å². The second kappa shape index (κ2) is 8.32. The number of nitrogens with zero attached hydrogens (tertiary/aromatic N) is 4. The van der Waals surface area contributed by atoms with Crippen molar-refractivity contribution in [1.82, 2.24) is 19.6 Å². The monoisotopic (exact) mass is 348 g/mol. The van der Waals surface area contributed by atoms with E-state index < -0.39 is 0 Å². The van der Waals surface area contributed by atoms with Gasteiger partial charge in [-0.3, -0.25) is 9.48 Å². The van der Waals surface area contributed by atoms with Crippen molar-refractivity contribution in [2.45, 2.75) is 58.0 Å². The van der Waals surface area contributed by atoms with Crippen LogP contribution in [0.4, 0.5) is 0 Å². The Kier molecular flexibility index (Phi) is 6.12. The van der Waals surface area contributed by atoms with Crippen LogP contribution >= 0.6 is 0 Å². The van der Waals surface area contributed by atoms with Gasteiger partial charge in [0.1, 0.15) is 0 Å². The van der Waals surface area contributed by atoms with Crippen molar-refractivity contribution in [2.75, 3.05) is 40.4 Å². The molecule has 1 unspecified atom stereocenters. The van der Waals surface area contributed by atoms with Crippen molar-refractivity contribution >= 4 is 5.91 Å². The maximum Gasteiger partial charge on any atom is 0.274 e. The fourth-order valence-corrected chi connectivity index (χ4v) is 4.14. The van der Waals surface area contributed by atoms with Gasteiger partial charge in [-0.1, -0.05) is 0 Å². The Morgan fingerprint density at radius 2 is 2.08 bits per heavy atom. The first kappa shape index (κ1) is 18.4. The number of ether oxygens (including phenoxy) is 1. The summed E-state index contributed by atoms with van der Waals surface area (Å²) in [5.41, 5.74) is 3.18. The molecule has 0 bridgehead atoms. The predicted molar refractivity (Wildman–Crippen MR) is 98.0 cm³/mol. The van der Waals surface area contributed by atoms with Crippen molar-refractivity contribution in [3.63, 3.8) is 0 Å². The minimum Gasteiger partial charge on any atom is -0.383 e. The second-order valence-electron chi connectivity index (χ2n) is 7.31. The lowest BCUT2D eigenvalue weighted by Gasteiger charge is -2.32. The number of piperidine rings is 1. The topological polar surface area (TPSA) is 50.6 Å². The van der Waals surface area contributed by atoms with Gasteiger partial charge in [-0.2, -0.15) is 5.10 Å². The number of carbonyl (C=O) groups excluding carboxylic acids is 1. The van der Waals surface area contributed by atoms with Crippen LogP contribution in [-0.4, -0.2) is 71.9 Å². The summed E-state index contributed by atoms with van der Waals surface area (Å²) in [5, 5.41) is 4.72. The molecule has 0 saturated carbocycles. The Morgan fingerprint density at radius 1 is 1.32 bits per heavy atom. The van der Waals surface area contributed by atoms with Crippen LogP contribution in [0.5, 0.6) is 0 Å². The van der Waals surface area contributed by atoms with E-state index in [1.165, 1.54) is 17.7 Å². The molecule has 2 aliphatic rings. The van der Waals surface area contributed by atoms with Crippen molar-refractivity contribution < 1.29 is 9.53 Å². The summed E-state index contributed by atoms with van der Waals surface area (Å²) >= 11 is 0. The van der Waals surface area contributed by atoms with E-state index in [1.54, 1.807) is 7.11 Å². The predicted octanol–water partition coefficient (Wildman–Crippen LogP) is 1.96. The van der Waals surface area contributed by atoms with E-state index in [1.807, 2.05) is 4.90 Å². The van der Waals surface area contributed by atoms with E-state index in [0.717, 1.165) is 64.9 Å². The van der Waals surface area contributed by atoms with E-state index in [-0.39, 0.29) is 5.91 Å². The van der Waals surface area contributed by atoms with Crippen LogP contribution < -0.4 is 0 Å². The van der Waals surface area contributed by atoms with Crippen LogP contribution in [0.1, 0.15) is 54.4 Å². The molecule has 1 fully saturated rings. The first-order valence-electron chi connectivity index (χ1n) is 9.72. The van der Waals surface area contributed by atoms with E-state index in [2.05, 4.69) is 23.6 Å². The zero-order valence-corrected chi connectivity index (χ0v) is 16.0. The van der Waals surface area contributed by atoms with Crippen LogP contribution in [0, 0.1) is 0 Å². The minimum atomic E-state index is 0.142. The van der Waals surface area contributed by atoms with Gasteiger partial charge in [-0.05, 0) is 52.5 Å². The average molecular weight is 348 g/mol. The number of hydrogen-bond acceptors (Lipinski definition) is 4. The first-order valence-corrected chi connectivity index (χ1v) is 9.72. The lowest BCUT2D eigenvalue weighted by molar-refractivity contribution is 0.0715. The minimum absolute atomic E-state index is 0.142. The molecule has 1 aliphatic heterocycles. The van der Waals surface area contributed by atoms with E-state index in [4.69, 9.17) is 9.84 Å². The maximum absolute atomic E-state index is 13.1. The normalized spacial score (nSPS) is 20.8. The van der Waals surface area contributed by atoms with Gasteiger partial charge in [-0.15, -0.1) is 0 Å². The molecule has 0 spiro atoms. The third-order valence-electron chi connectivity index (χ3n) is 5.74. The van der Waals surface area contributed by atoms with Crippen LogP contribution in [-0.2, 0) is 24.1 Å². The number of likely N-dealkylation sites (N-methyl/N-ethyl adjacent to an activating group) is 1. The van der Waals surface area contributed by atoms with Crippen LogP contribution in [0.15, 0.2) is 0 Å². The molecule has 1 amide bonds. The van der Waals surface area contributed by atoms with Gasteiger partial charge in [0.15, 0.2) is 5.69 Å². The zero-order chi connectivity index (χ0) is 17.8. The quantitative estimate of drug-likeness (QED) is 0.789. The summed E-state index contributed by atoms with van der Waals surface area (Å²) in [6, 6.07) is 0.463. The summed E-state index contributed by atoms with van der Waals surface area (Å²) in [4.78, 5) is 17.4. The van der Waals surface area contributed by atoms with Gasteiger partial charge in [0, 0.05) is 50.6 Å². The summed E-state index contributed by atoms with van der Waals surface area (Å²) in [7, 11) is 3.90. The van der Waals surface area contributed by atoms with Crippen molar-refractivity contribution in [2.24, 2.45) is 0 Å². The van der Waals surface area contributed by atoms with Crippen LogP contribution in [0.25, 0.3) is 0 Å². The highest BCUT2D eigenvalue weighted by atomic mass is 16.5. The summed E-state index contributed by atoms with van der Waals surface area (Å²) < 4.78 is 7.27. The lowest BCUT2D eigenvalue weighted by Crippen LogP contribution is -2.40.